The second-order valence-corrected chi connectivity index (χ2v) is 5.87. The van der Waals surface area contributed by atoms with Crippen molar-refractivity contribution in [3.05, 3.63) is 24.0 Å². The fraction of sp³-hybridized carbons (Fsp3) is 0.647. The summed E-state index contributed by atoms with van der Waals surface area (Å²) in [7, 11) is 0. The lowest BCUT2D eigenvalue weighted by atomic mass is 10.1. The summed E-state index contributed by atoms with van der Waals surface area (Å²) in [4.78, 5) is 16.1. The van der Waals surface area contributed by atoms with E-state index in [9.17, 15) is 18.0 Å². The van der Waals surface area contributed by atoms with Gasteiger partial charge < -0.3 is 14.7 Å². The Labute approximate surface area is 145 Å². The first-order valence-electron chi connectivity index (χ1n) is 8.32. The topological polar surface area (TPSA) is 62.1 Å². The molecule has 1 fully saturated rings. The van der Waals surface area contributed by atoms with Crippen LogP contribution in [0.5, 0.6) is 0 Å². The predicted octanol–water partition coefficient (Wildman–Crippen LogP) is 3.77. The van der Waals surface area contributed by atoms with Gasteiger partial charge in [0.25, 0.3) is 0 Å². The van der Waals surface area contributed by atoms with Gasteiger partial charge >= 0.3 is 12.1 Å². The van der Waals surface area contributed by atoms with E-state index in [0.29, 0.717) is 38.8 Å². The average molecular weight is 362 g/mol. The molecule has 0 spiro atoms. The maximum atomic E-state index is 13.0. The van der Waals surface area contributed by atoms with Crippen LogP contribution < -0.4 is 0 Å². The molecule has 0 bridgehead atoms. The highest BCUT2D eigenvalue weighted by Crippen LogP contribution is 2.25. The van der Waals surface area contributed by atoms with Gasteiger partial charge in [-0.1, -0.05) is 32.4 Å². The fourth-order valence-electron chi connectivity index (χ4n) is 2.40. The number of rotatable bonds is 9. The number of hydrogen-bond donors (Lipinski definition) is 1. The van der Waals surface area contributed by atoms with Gasteiger partial charge in [-0.05, 0) is 19.3 Å². The summed E-state index contributed by atoms with van der Waals surface area (Å²) in [5, 5.41) is 8.58. The zero-order chi connectivity index (χ0) is 18.9. The lowest BCUT2D eigenvalue weighted by Gasteiger charge is -2.32. The summed E-state index contributed by atoms with van der Waals surface area (Å²) >= 11 is 0. The second-order valence-electron chi connectivity index (χ2n) is 5.87. The SMILES string of the molecule is C=C(/N=C\C(=C/CCCC)C(F)(F)F)N1CCC(OCC(=O)O)CC1. The maximum absolute atomic E-state index is 13.0. The number of ether oxygens (including phenoxy) is 1. The monoisotopic (exact) mass is 362 g/mol. The summed E-state index contributed by atoms with van der Waals surface area (Å²) in [6.07, 6.45) is 0.426. The van der Waals surface area contributed by atoms with Gasteiger partial charge in [0, 0.05) is 19.3 Å². The molecule has 0 aromatic rings. The third-order valence-corrected chi connectivity index (χ3v) is 3.85. The molecule has 25 heavy (non-hydrogen) atoms. The Kier molecular flexibility index (Phi) is 8.68. The minimum Gasteiger partial charge on any atom is -0.480 e. The third-order valence-electron chi connectivity index (χ3n) is 3.85. The highest BCUT2D eigenvalue weighted by molar-refractivity contribution is 5.80. The average Bonchev–Trinajstić information content (AvgIpc) is 2.55. The van der Waals surface area contributed by atoms with Gasteiger partial charge in [-0.15, -0.1) is 0 Å². The highest BCUT2D eigenvalue weighted by atomic mass is 19.4. The van der Waals surface area contributed by atoms with Crippen LogP contribution in [0, 0.1) is 0 Å². The van der Waals surface area contributed by atoms with Crippen LogP contribution in [0.4, 0.5) is 13.2 Å². The van der Waals surface area contributed by atoms with Gasteiger partial charge in [0.2, 0.25) is 0 Å². The van der Waals surface area contributed by atoms with E-state index in [1.165, 1.54) is 0 Å². The van der Waals surface area contributed by atoms with Crippen LogP contribution in [0.2, 0.25) is 0 Å². The molecule has 0 unspecified atom stereocenters. The first-order chi connectivity index (χ1) is 11.7. The summed E-state index contributed by atoms with van der Waals surface area (Å²) in [5.74, 6) is -0.756. The Morgan fingerprint density at radius 1 is 1.40 bits per heavy atom. The molecule has 0 atom stereocenters. The molecule has 1 saturated heterocycles. The number of carbonyl (C=O) groups is 1. The number of carboxylic acids is 1. The molecule has 1 aliphatic heterocycles. The number of allylic oxidation sites excluding steroid dienone is 2. The molecule has 0 saturated carbocycles. The number of likely N-dealkylation sites (tertiary alicyclic amines) is 1. The summed E-state index contributed by atoms with van der Waals surface area (Å²) in [5.41, 5.74) is -0.762. The molecule has 0 aromatic heterocycles. The first-order valence-corrected chi connectivity index (χ1v) is 8.32. The Balaban J connectivity index is 2.55. The smallest absolute Gasteiger partial charge is 0.417 e. The zero-order valence-electron chi connectivity index (χ0n) is 14.4. The largest absolute Gasteiger partial charge is 0.480 e. The molecule has 0 amide bonds. The lowest BCUT2D eigenvalue weighted by Crippen LogP contribution is -2.36. The number of alkyl halides is 3. The van der Waals surface area contributed by atoms with E-state index in [0.717, 1.165) is 18.7 Å². The number of nitrogens with zero attached hydrogens (tertiary/aromatic N) is 2. The molecule has 1 heterocycles. The number of hydrogen-bond acceptors (Lipinski definition) is 4. The van der Waals surface area contributed by atoms with Crippen molar-refractivity contribution in [2.45, 2.75) is 51.3 Å². The number of unbranched alkanes of at least 4 members (excludes halogenated alkanes) is 2. The van der Waals surface area contributed by atoms with Crippen molar-refractivity contribution in [3.63, 3.8) is 0 Å². The predicted molar refractivity (Wildman–Crippen MR) is 89.5 cm³/mol. The normalized spacial score (nSPS) is 17.3. The van der Waals surface area contributed by atoms with Crippen LogP contribution in [0.3, 0.4) is 0 Å². The van der Waals surface area contributed by atoms with Crippen LogP contribution in [0.1, 0.15) is 39.0 Å². The van der Waals surface area contributed by atoms with E-state index >= 15 is 0 Å². The molecule has 0 aliphatic carbocycles. The van der Waals surface area contributed by atoms with Crippen molar-refractivity contribution in [2.75, 3.05) is 19.7 Å². The summed E-state index contributed by atoms with van der Waals surface area (Å²) < 4.78 is 44.1. The van der Waals surface area contributed by atoms with Crippen LogP contribution in [0.15, 0.2) is 29.0 Å². The zero-order valence-corrected chi connectivity index (χ0v) is 14.4. The number of halogens is 3. The molecule has 0 aromatic carbocycles. The molecular weight excluding hydrogens is 337 g/mol. The molecule has 142 valence electrons. The fourth-order valence-corrected chi connectivity index (χ4v) is 2.40. The Morgan fingerprint density at radius 2 is 2.04 bits per heavy atom. The number of carboxylic acid groups (broad SMARTS) is 1. The van der Waals surface area contributed by atoms with Crippen LogP contribution in [-0.2, 0) is 9.53 Å². The molecule has 1 N–H and O–H groups in total. The van der Waals surface area contributed by atoms with Crippen molar-refractivity contribution in [1.29, 1.82) is 0 Å². The van der Waals surface area contributed by atoms with Crippen molar-refractivity contribution in [3.8, 4) is 0 Å². The van der Waals surface area contributed by atoms with Crippen LogP contribution >= 0.6 is 0 Å². The molecule has 5 nitrogen and oxygen atoms in total. The van der Waals surface area contributed by atoms with E-state index in [1.54, 1.807) is 4.90 Å². The second kappa shape index (κ2) is 10.2. The van der Waals surface area contributed by atoms with Gasteiger partial charge in [0.05, 0.1) is 11.7 Å². The van der Waals surface area contributed by atoms with Crippen molar-refractivity contribution >= 4 is 12.2 Å². The lowest BCUT2D eigenvalue weighted by molar-refractivity contribution is -0.145. The molecule has 8 heteroatoms. The maximum Gasteiger partial charge on any atom is 0.417 e. The molecular formula is C17H25F3N2O3. The van der Waals surface area contributed by atoms with Crippen LogP contribution in [-0.4, -0.2) is 54.2 Å². The molecule has 1 rings (SSSR count). The summed E-state index contributed by atoms with van der Waals surface area (Å²) in [6.45, 7) is 6.33. The Bertz CT molecular complexity index is 508. The number of aliphatic carboxylic acids is 1. The van der Waals surface area contributed by atoms with E-state index in [1.807, 2.05) is 6.92 Å². The molecule has 1 aliphatic rings. The van der Waals surface area contributed by atoms with Gasteiger partial charge in [0.1, 0.15) is 12.4 Å². The van der Waals surface area contributed by atoms with Gasteiger partial charge in [-0.3, -0.25) is 0 Å². The van der Waals surface area contributed by atoms with Crippen molar-refractivity contribution in [1.82, 2.24) is 4.90 Å². The van der Waals surface area contributed by atoms with Gasteiger partial charge in [0.15, 0.2) is 0 Å². The highest BCUT2D eigenvalue weighted by Gasteiger charge is 2.32. The van der Waals surface area contributed by atoms with E-state index in [-0.39, 0.29) is 18.5 Å². The third kappa shape index (κ3) is 8.20. The Hall–Kier alpha value is -1.83. The molecule has 0 radical (unpaired) electrons. The quantitative estimate of drug-likeness (QED) is 0.501. The van der Waals surface area contributed by atoms with Gasteiger partial charge in [-0.25, -0.2) is 9.79 Å². The first kappa shape index (κ1) is 21.2. The minimum absolute atomic E-state index is 0.163. The van der Waals surface area contributed by atoms with Crippen molar-refractivity contribution < 1.29 is 27.8 Å². The number of aliphatic imine (C=N–C) groups is 1. The van der Waals surface area contributed by atoms with Gasteiger partial charge in [-0.2, -0.15) is 13.2 Å². The van der Waals surface area contributed by atoms with E-state index in [4.69, 9.17) is 9.84 Å². The number of piperidine rings is 1. The summed E-state index contributed by atoms with van der Waals surface area (Å²) in [6, 6.07) is 0. The Morgan fingerprint density at radius 3 is 2.56 bits per heavy atom. The van der Waals surface area contributed by atoms with Crippen molar-refractivity contribution in [2.24, 2.45) is 4.99 Å². The standard InChI is InChI=1S/C17H25F3N2O3/c1-3-4-5-6-14(17(18,19)20)11-21-13(2)22-9-7-15(8-10-22)25-12-16(23)24/h6,11,15H,2-5,7-10,12H2,1H3,(H,23,24)/b14-6+,21-11-. The minimum atomic E-state index is -4.44. The van der Waals surface area contributed by atoms with E-state index in [2.05, 4.69) is 11.6 Å². The van der Waals surface area contributed by atoms with E-state index < -0.39 is 17.7 Å². The van der Waals surface area contributed by atoms with Crippen LogP contribution in [0.25, 0.3) is 0 Å².